The van der Waals surface area contributed by atoms with Gasteiger partial charge in [-0.25, -0.2) is 4.98 Å². The van der Waals surface area contributed by atoms with Crippen molar-refractivity contribution in [2.24, 2.45) is 0 Å². The predicted octanol–water partition coefficient (Wildman–Crippen LogP) is 3.79. The van der Waals surface area contributed by atoms with E-state index < -0.39 is 0 Å². The number of pyridine rings is 1. The molecule has 2 aromatic carbocycles. The molecule has 0 radical (unpaired) electrons. The average molecular weight is 399 g/mol. The van der Waals surface area contributed by atoms with E-state index in [-0.39, 0.29) is 5.91 Å². The second-order valence-electron chi connectivity index (χ2n) is 6.82. The third kappa shape index (κ3) is 4.57. The van der Waals surface area contributed by atoms with Gasteiger partial charge >= 0.3 is 0 Å². The van der Waals surface area contributed by atoms with Gasteiger partial charge in [0.05, 0.1) is 48.1 Å². The summed E-state index contributed by atoms with van der Waals surface area (Å²) < 4.78 is 5.42. The van der Waals surface area contributed by atoms with Gasteiger partial charge in [0.25, 0.3) is 5.91 Å². The minimum atomic E-state index is -0.263. The first-order valence-corrected chi connectivity index (χ1v) is 9.69. The highest BCUT2D eigenvalue weighted by molar-refractivity contribution is 6.04. The highest BCUT2D eigenvalue weighted by Crippen LogP contribution is 2.27. The van der Waals surface area contributed by atoms with Crippen molar-refractivity contribution in [3.05, 3.63) is 78.1 Å². The van der Waals surface area contributed by atoms with Crippen LogP contribution in [-0.2, 0) is 4.74 Å². The molecule has 1 aliphatic rings. The molecule has 30 heavy (non-hydrogen) atoms. The van der Waals surface area contributed by atoms with Crippen molar-refractivity contribution in [2.45, 2.75) is 0 Å². The second-order valence-corrected chi connectivity index (χ2v) is 6.82. The Kier molecular flexibility index (Phi) is 5.88. The van der Waals surface area contributed by atoms with Crippen LogP contribution in [0.3, 0.4) is 0 Å². The third-order valence-corrected chi connectivity index (χ3v) is 4.80. The predicted molar refractivity (Wildman–Crippen MR) is 116 cm³/mol. The fourth-order valence-electron chi connectivity index (χ4n) is 3.24. The maximum Gasteiger partial charge on any atom is 0.274 e. The number of amides is 1. The molecule has 2 heterocycles. The minimum absolute atomic E-state index is 0.263. The number of carbonyl (C=O) groups excluding carboxylic acids is 1. The van der Waals surface area contributed by atoms with Crippen molar-refractivity contribution in [1.29, 1.82) is 5.26 Å². The molecule has 2 N–H and O–H groups in total. The molecule has 0 saturated carbocycles. The highest BCUT2D eigenvalue weighted by Gasteiger charge is 2.16. The van der Waals surface area contributed by atoms with Crippen LogP contribution in [0.15, 0.2) is 66.9 Å². The van der Waals surface area contributed by atoms with Crippen LogP contribution in [-0.4, -0.2) is 37.2 Å². The van der Waals surface area contributed by atoms with Gasteiger partial charge in [0.15, 0.2) is 0 Å². The van der Waals surface area contributed by atoms with E-state index in [4.69, 9.17) is 10.00 Å². The van der Waals surface area contributed by atoms with Crippen molar-refractivity contribution in [1.82, 2.24) is 4.98 Å². The van der Waals surface area contributed by atoms with Gasteiger partial charge in [0.1, 0.15) is 5.69 Å². The van der Waals surface area contributed by atoms with Crippen LogP contribution in [0.25, 0.3) is 0 Å². The van der Waals surface area contributed by atoms with Gasteiger partial charge in [-0.2, -0.15) is 5.26 Å². The van der Waals surface area contributed by atoms with E-state index in [0.717, 1.165) is 35.8 Å². The molecule has 0 atom stereocenters. The molecule has 150 valence electrons. The van der Waals surface area contributed by atoms with Crippen LogP contribution in [0, 0.1) is 11.3 Å². The van der Waals surface area contributed by atoms with E-state index >= 15 is 0 Å². The Labute approximate surface area is 174 Å². The summed E-state index contributed by atoms with van der Waals surface area (Å²) in [6, 6.07) is 20.4. The molecule has 1 aromatic heterocycles. The zero-order chi connectivity index (χ0) is 20.8. The second kappa shape index (κ2) is 9.07. The Morgan fingerprint density at radius 1 is 1.00 bits per heavy atom. The summed E-state index contributed by atoms with van der Waals surface area (Å²) >= 11 is 0. The zero-order valence-corrected chi connectivity index (χ0v) is 16.3. The number of nitrogens with one attached hydrogen (secondary N) is 2. The largest absolute Gasteiger partial charge is 0.378 e. The number of para-hydroxylation sites is 2. The van der Waals surface area contributed by atoms with Crippen molar-refractivity contribution in [2.75, 3.05) is 41.8 Å². The standard InChI is InChI=1S/C23H21N5O2/c24-15-17-5-7-18(8-6-17)26-19-9-10-21(25-16-19)23(29)27-20-3-1-2-4-22(20)28-11-13-30-14-12-28/h1-10,16,26H,11-14H2,(H,27,29). The van der Waals surface area contributed by atoms with E-state index in [1.807, 2.05) is 36.4 Å². The number of morpholine rings is 1. The van der Waals surface area contributed by atoms with E-state index in [2.05, 4.69) is 26.6 Å². The molecule has 4 rings (SSSR count). The fourth-order valence-corrected chi connectivity index (χ4v) is 3.24. The van der Waals surface area contributed by atoms with Crippen LogP contribution in [0.1, 0.15) is 16.1 Å². The zero-order valence-electron chi connectivity index (χ0n) is 16.3. The minimum Gasteiger partial charge on any atom is -0.378 e. The average Bonchev–Trinajstić information content (AvgIpc) is 2.81. The number of nitriles is 1. The molecular formula is C23H21N5O2. The summed E-state index contributed by atoms with van der Waals surface area (Å²) in [6.45, 7) is 2.94. The van der Waals surface area contributed by atoms with Crippen LogP contribution >= 0.6 is 0 Å². The molecule has 0 bridgehead atoms. The van der Waals surface area contributed by atoms with E-state index in [0.29, 0.717) is 24.5 Å². The topological polar surface area (TPSA) is 90.3 Å². The van der Waals surface area contributed by atoms with Gasteiger partial charge in [0.2, 0.25) is 0 Å². The lowest BCUT2D eigenvalue weighted by Gasteiger charge is -2.30. The molecule has 0 aliphatic carbocycles. The van der Waals surface area contributed by atoms with Crippen molar-refractivity contribution >= 4 is 28.7 Å². The number of carbonyl (C=O) groups is 1. The molecule has 7 nitrogen and oxygen atoms in total. The van der Waals surface area contributed by atoms with E-state index in [9.17, 15) is 4.79 Å². The number of benzene rings is 2. The van der Waals surface area contributed by atoms with E-state index in [1.54, 1.807) is 30.5 Å². The normalized spacial score (nSPS) is 13.4. The van der Waals surface area contributed by atoms with Gasteiger partial charge in [-0.3, -0.25) is 4.79 Å². The molecule has 1 aliphatic heterocycles. The molecule has 0 spiro atoms. The number of hydrogen-bond donors (Lipinski definition) is 2. The lowest BCUT2D eigenvalue weighted by Crippen LogP contribution is -2.36. The molecule has 3 aromatic rings. The van der Waals surface area contributed by atoms with Crippen LogP contribution < -0.4 is 15.5 Å². The van der Waals surface area contributed by atoms with Gasteiger partial charge in [-0.1, -0.05) is 12.1 Å². The van der Waals surface area contributed by atoms with Gasteiger partial charge in [-0.15, -0.1) is 0 Å². The molecule has 1 amide bonds. The van der Waals surface area contributed by atoms with Crippen LogP contribution in [0.5, 0.6) is 0 Å². The Bertz CT molecular complexity index is 1050. The smallest absolute Gasteiger partial charge is 0.274 e. The Hall–Kier alpha value is -3.89. The third-order valence-electron chi connectivity index (χ3n) is 4.80. The summed E-state index contributed by atoms with van der Waals surface area (Å²) in [5.41, 5.74) is 4.26. The first kappa shape index (κ1) is 19.4. The van der Waals surface area contributed by atoms with Crippen molar-refractivity contribution in [3.63, 3.8) is 0 Å². The summed E-state index contributed by atoms with van der Waals surface area (Å²) in [6.07, 6.45) is 1.61. The number of rotatable bonds is 5. The summed E-state index contributed by atoms with van der Waals surface area (Å²) in [5, 5.41) is 15.0. The highest BCUT2D eigenvalue weighted by atomic mass is 16.5. The number of ether oxygens (including phenoxy) is 1. The maximum atomic E-state index is 12.7. The summed E-state index contributed by atoms with van der Waals surface area (Å²) in [4.78, 5) is 19.2. The lowest BCUT2D eigenvalue weighted by molar-refractivity contribution is 0.102. The monoisotopic (exact) mass is 399 g/mol. The number of anilines is 4. The lowest BCUT2D eigenvalue weighted by atomic mass is 10.2. The fraction of sp³-hybridized carbons (Fsp3) is 0.174. The Morgan fingerprint density at radius 2 is 1.73 bits per heavy atom. The van der Waals surface area contributed by atoms with E-state index in [1.165, 1.54) is 0 Å². The van der Waals surface area contributed by atoms with Crippen LogP contribution in [0.4, 0.5) is 22.7 Å². The molecule has 1 fully saturated rings. The number of hydrogen-bond acceptors (Lipinski definition) is 6. The van der Waals surface area contributed by atoms with Crippen LogP contribution in [0.2, 0.25) is 0 Å². The van der Waals surface area contributed by atoms with Gasteiger partial charge in [-0.05, 0) is 48.5 Å². The number of aromatic nitrogens is 1. The molecule has 1 saturated heterocycles. The molecule has 0 unspecified atom stereocenters. The van der Waals surface area contributed by atoms with Gasteiger partial charge in [0, 0.05) is 18.8 Å². The van der Waals surface area contributed by atoms with Gasteiger partial charge < -0.3 is 20.3 Å². The maximum absolute atomic E-state index is 12.7. The quantitative estimate of drug-likeness (QED) is 0.678. The first-order chi connectivity index (χ1) is 14.7. The van der Waals surface area contributed by atoms with Crippen molar-refractivity contribution < 1.29 is 9.53 Å². The summed E-state index contributed by atoms with van der Waals surface area (Å²) in [5.74, 6) is -0.263. The Morgan fingerprint density at radius 3 is 2.43 bits per heavy atom. The molecular weight excluding hydrogens is 378 g/mol. The summed E-state index contributed by atoms with van der Waals surface area (Å²) in [7, 11) is 0. The Balaban J connectivity index is 1.43. The first-order valence-electron chi connectivity index (χ1n) is 9.69. The van der Waals surface area contributed by atoms with Crippen molar-refractivity contribution in [3.8, 4) is 6.07 Å². The number of nitrogens with zero attached hydrogens (tertiary/aromatic N) is 3. The molecule has 7 heteroatoms. The SMILES string of the molecule is N#Cc1ccc(Nc2ccc(C(=O)Nc3ccccc3N3CCOCC3)nc2)cc1.